The minimum atomic E-state index is -0.381. The summed E-state index contributed by atoms with van der Waals surface area (Å²) in [7, 11) is 5.51. The molecule has 0 radical (unpaired) electrons. The largest absolute Gasteiger partial charge is 0.497 e. The van der Waals surface area contributed by atoms with Gasteiger partial charge >= 0.3 is 0 Å². The Morgan fingerprint density at radius 1 is 1.23 bits per heavy atom. The highest BCUT2D eigenvalue weighted by atomic mass is 16.5. The van der Waals surface area contributed by atoms with Crippen molar-refractivity contribution in [1.29, 1.82) is 0 Å². The first-order valence-corrected chi connectivity index (χ1v) is 9.91. The lowest BCUT2D eigenvalue weighted by Crippen LogP contribution is -2.37. The molecule has 0 aliphatic rings. The molecule has 160 valence electrons. The predicted molar refractivity (Wildman–Crippen MR) is 118 cm³/mol. The maximum Gasteiger partial charge on any atom is 0.297 e. The minimum Gasteiger partial charge on any atom is -0.497 e. The minimum absolute atomic E-state index is 0.0493. The molecular formula is C23H24N4O4. The third kappa shape index (κ3) is 4.15. The van der Waals surface area contributed by atoms with Crippen LogP contribution in [0.3, 0.4) is 0 Å². The van der Waals surface area contributed by atoms with Crippen molar-refractivity contribution >= 4 is 28.0 Å². The van der Waals surface area contributed by atoms with Crippen LogP contribution >= 0.6 is 0 Å². The summed E-state index contributed by atoms with van der Waals surface area (Å²) < 4.78 is 12.2. The average Bonchev–Trinajstić information content (AvgIpc) is 3.15. The maximum absolute atomic E-state index is 12.8. The summed E-state index contributed by atoms with van der Waals surface area (Å²) in [5.41, 5.74) is 1.89. The van der Waals surface area contributed by atoms with Crippen molar-refractivity contribution in [2.75, 3.05) is 27.7 Å². The van der Waals surface area contributed by atoms with Gasteiger partial charge in [0.05, 0.1) is 19.5 Å². The van der Waals surface area contributed by atoms with E-state index in [1.54, 1.807) is 13.2 Å². The second-order valence-electron chi connectivity index (χ2n) is 7.51. The van der Waals surface area contributed by atoms with Crippen molar-refractivity contribution in [2.45, 2.75) is 12.6 Å². The highest BCUT2D eigenvalue weighted by molar-refractivity contribution is 6.01. The fraction of sp³-hybridized carbons (Fsp3) is 0.261. The van der Waals surface area contributed by atoms with E-state index in [1.807, 2.05) is 61.5 Å². The normalized spacial score (nSPS) is 12.4. The number of nitrogens with one attached hydrogen (secondary N) is 1. The van der Waals surface area contributed by atoms with Crippen LogP contribution in [0.1, 0.15) is 11.6 Å². The first-order valence-electron chi connectivity index (χ1n) is 9.91. The lowest BCUT2D eigenvalue weighted by molar-refractivity contribution is -0.121. The smallest absolute Gasteiger partial charge is 0.297 e. The van der Waals surface area contributed by atoms with Gasteiger partial charge in [-0.1, -0.05) is 24.3 Å². The van der Waals surface area contributed by atoms with Crippen molar-refractivity contribution in [1.82, 2.24) is 19.8 Å². The van der Waals surface area contributed by atoms with Crippen LogP contribution in [0.15, 0.2) is 64.1 Å². The van der Waals surface area contributed by atoms with Crippen molar-refractivity contribution < 1.29 is 13.9 Å². The molecule has 0 fully saturated rings. The van der Waals surface area contributed by atoms with Gasteiger partial charge in [0.25, 0.3) is 5.56 Å². The number of rotatable bonds is 7. The van der Waals surface area contributed by atoms with E-state index in [-0.39, 0.29) is 29.6 Å². The molecule has 1 atom stereocenters. The maximum atomic E-state index is 12.8. The van der Waals surface area contributed by atoms with Crippen LogP contribution in [0, 0.1) is 0 Å². The van der Waals surface area contributed by atoms with Gasteiger partial charge in [-0.25, -0.2) is 4.98 Å². The van der Waals surface area contributed by atoms with Crippen molar-refractivity contribution in [3.8, 4) is 5.75 Å². The van der Waals surface area contributed by atoms with E-state index in [9.17, 15) is 9.59 Å². The molecule has 0 aliphatic carbocycles. The van der Waals surface area contributed by atoms with Crippen LogP contribution in [-0.4, -0.2) is 48.1 Å². The number of aromatic nitrogens is 2. The number of likely N-dealkylation sites (N-methyl/N-ethyl adjacent to an activating group) is 1. The number of hydrogen-bond donors (Lipinski definition) is 1. The Hall–Kier alpha value is -3.65. The predicted octanol–water partition coefficient (Wildman–Crippen LogP) is 2.57. The zero-order valence-corrected chi connectivity index (χ0v) is 17.7. The topological polar surface area (TPSA) is 89.6 Å². The summed E-state index contributed by atoms with van der Waals surface area (Å²) in [6.07, 6.45) is 1.39. The Labute approximate surface area is 179 Å². The Kier molecular flexibility index (Phi) is 5.73. The molecule has 31 heavy (non-hydrogen) atoms. The van der Waals surface area contributed by atoms with Gasteiger partial charge in [0.15, 0.2) is 0 Å². The summed E-state index contributed by atoms with van der Waals surface area (Å²) in [5.74, 6) is 0.474. The van der Waals surface area contributed by atoms with E-state index in [0.29, 0.717) is 17.6 Å². The lowest BCUT2D eigenvalue weighted by Gasteiger charge is -2.25. The van der Waals surface area contributed by atoms with Crippen LogP contribution in [-0.2, 0) is 11.3 Å². The van der Waals surface area contributed by atoms with Crippen molar-refractivity contribution in [3.05, 3.63) is 70.8 Å². The van der Waals surface area contributed by atoms with Gasteiger partial charge < -0.3 is 19.4 Å². The Bertz CT molecular complexity index is 1290. The molecule has 8 heteroatoms. The molecule has 1 unspecified atom stereocenters. The Morgan fingerprint density at radius 3 is 2.81 bits per heavy atom. The summed E-state index contributed by atoms with van der Waals surface area (Å²) in [5, 5.41) is 3.69. The van der Waals surface area contributed by atoms with Gasteiger partial charge in [0, 0.05) is 11.9 Å². The quantitative estimate of drug-likeness (QED) is 0.494. The highest BCUT2D eigenvalue weighted by Crippen LogP contribution is 2.24. The molecule has 4 aromatic rings. The number of nitrogens with zero attached hydrogens (tertiary/aromatic N) is 3. The number of methoxy groups -OCH3 is 1. The molecule has 1 N–H and O–H groups in total. The van der Waals surface area contributed by atoms with E-state index >= 15 is 0 Å². The first-order chi connectivity index (χ1) is 15.0. The number of amides is 1. The molecule has 2 aromatic heterocycles. The fourth-order valence-corrected chi connectivity index (χ4v) is 3.60. The zero-order valence-electron chi connectivity index (χ0n) is 17.7. The first kappa shape index (κ1) is 20.6. The number of benzene rings is 2. The summed E-state index contributed by atoms with van der Waals surface area (Å²) in [6, 6.07) is 15.0. The fourth-order valence-electron chi connectivity index (χ4n) is 3.60. The van der Waals surface area contributed by atoms with Crippen LogP contribution in [0.5, 0.6) is 5.75 Å². The summed E-state index contributed by atoms with van der Waals surface area (Å²) >= 11 is 0. The van der Waals surface area contributed by atoms with Gasteiger partial charge in [-0.3, -0.25) is 14.2 Å². The van der Waals surface area contributed by atoms with Crippen LogP contribution in [0.4, 0.5) is 0 Å². The molecule has 2 aromatic carbocycles. The van der Waals surface area contributed by atoms with E-state index in [1.165, 1.54) is 10.9 Å². The van der Waals surface area contributed by atoms with E-state index in [2.05, 4.69) is 10.3 Å². The van der Waals surface area contributed by atoms with Gasteiger partial charge in [-0.15, -0.1) is 0 Å². The van der Waals surface area contributed by atoms with Crippen molar-refractivity contribution in [2.24, 2.45) is 0 Å². The summed E-state index contributed by atoms with van der Waals surface area (Å²) in [6.45, 7) is 0.241. The molecule has 0 bridgehead atoms. The number of hydrogen-bond acceptors (Lipinski definition) is 6. The third-order valence-electron chi connectivity index (χ3n) is 5.26. The number of carbonyl (C=O) groups excluding carboxylic acids is 1. The molecule has 0 spiro atoms. The molecule has 8 nitrogen and oxygen atoms in total. The molecule has 0 saturated heterocycles. The average molecular weight is 420 g/mol. The monoisotopic (exact) mass is 420 g/mol. The molecule has 2 heterocycles. The van der Waals surface area contributed by atoms with E-state index in [0.717, 1.165) is 16.7 Å². The number of ether oxygens (including phenoxy) is 1. The molecule has 1 amide bonds. The highest BCUT2D eigenvalue weighted by Gasteiger charge is 2.18. The number of fused-ring (bicyclic) bond motifs is 3. The number of para-hydroxylation sites is 1. The van der Waals surface area contributed by atoms with E-state index in [4.69, 9.17) is 9.15 Å². The number of carbonyl (C=O) groups is 1. The Morgan fingerprint density at radius 2 is 2.03 bits per heavy atom. The Balaban J connectivity index is 1.50. The zero-order chi connectivity index (χ0) is 22.0. The van der Waals surface area contributed by atoms with Crippen LogP contribution in [0.2, 0.25) is 0 Å². The van der Waals surface area contributed by atoms with Gasteiger partial charge in [0.2, 0.25) is 11.5 Å². The molecule has 0 aliphatic heterocycles. The molecule has 4 rings (SSSR count). The number of furan rings is 1. The van der Waals surface area contributed by atoms with Crippen LogP contribution < -0.4 is 15.6 Å². The second-order valence-corrected chi connectivity index (χ2v) is 7.51. The van der Waals surface area contributed by atoms with Gasteiger partial charge in [-0.05, 0) is 43.9 Å². The van der Waals surface area contributed by atoms with Gasteiger partial charge in [-0.2, -0.15) is 0 Å². The van der Waals surface area contributed by atoms with Gasteiger partial charge in [0.1, 0.15) is 23.4 Å². The second kappa shape index (κ2) is 8.61. The standard InChI is InChI=1S/C23H24N4O4/c1-26(2)18(15-7-6-8-16(11-15)30-3)12-24-20(28)13-27-14-25-21-17-9-4-5-10-19(17)31-22(21)23(27)29/h4-11,14,18H,12-13H2,1-3H3,(H,24,28). The van der Waals surface area contributed by atoms with Crippen molar-refractivity contribution in [3.63, 3.8) is 0 Å². The lowest BCUT2D eigenvalue weighted by atomic mass is 10.1. The third-order valence-corrected chi connectivity index (χ3v) is 5.26. The van der Waals surface area contributed by atoms with Crippen LogP contribution in [0.25, 0.3) is 22.1 Å². The molecular weight excluding hydrogens is 396 g/mol. The summed E-state index contributed by atoms with van der Waals surface area (Å²) in [4.78, 5) is 31.7. The molecule has 0 saturated carbocycles. The SMILES string of the molecule is COc1cccc(C(CNC(=O)Cn2cnc3c(oc4ccccc43)c2=O)N(C)C)c1. The van der Waals surface area contributed by atoms with E-state index < -0.39 is 0 Å².